The summed E-state index contributed by atoms with van der Waals surface area (Å²) >= 11 is 6.32. The molecule has 4 heteroatoms. The minimum absolute atomic E-state index is 0.635. The zero-order chi connectivity index (χ0) is 15.0. The van der Waals surface area contributed by atoms with Crippen LogP contribution in [0.2, 0.25) is 5.02 Å². The van der Waals surface area contributed by atoms with Crippen LogP contribution in [0.4, 0.5) is 5.82 Å². The molecule has 2 aromatic carbocycles. The molecule has 0 spiro atoms. The lowest BCUT2D eigenvalue weighted by molar-refractivity contribution is 0.782. The molecule has 3 rings (SSSR count). The normalized spacial score (nSPS) is 10.8. The van der Waals surface area contributed by atoms with Crippen molar-refractivity contribution in [1.29, 1.82) is 0 Å². The zero-order valence-electron chi connectivity index (χ0n) is 12.0. The van der Waals surface area contributed by atoms with Crippen LogP contribution >= 0.6 is 11.6 Å². The largest absolute Gasteiger partial charge is 0.383 e. The van der Waals surface area contributed by atoms with Gasteiger partial charge in [0.1, 0.15) is 11.5 Å². The van der Waals surface area contributed by atoms with Crippen LogP contribution in [0, 0.1) is 6.92 Å². The SMILES string of the molecule is Cc1cccc(-c2c(-c3ccccc3Cl)nn(C)c2N)c1. The van der Waals surface area contributed by atoms with E-state index in [0.717, 1.165) is 22.4 Å². The Kier molecular flexibility index (Phi) is 3.43. The van der Waals surface area contributed by atoms with Gasteiger partial charge >= 0.3 is 0 Å². The number of hydrogen-bond donors (Lipinski definition) is 1. The maximum absolute atomic E-state index is 6.32. The van der Waals surface area contributed by atoms with Gasteiger partial charge in [-0.2, -0.15) is 5.10 Å². The number of nitrogens with zero attached hydrogens (tertiary/aromatic N) is 2. The molecule has 2 N–H and O–H groups in total. The summed E-state index contributed by atoms with van der Waals surface area (Å²) in [4.78, 5) is 0. The van der Waals surface area contributed by atoms with Crippen LogP contribution in [-0.4, -0.2) is 9.78 Å². The van der Waals surface area contributed by atoms with Gasteiger partial charge in [-0.3, -0.25) is 4.68 Å². The van der Waals surface area contributed by atoms with E-state index < -0.39 is 0 Å². The first kappa shape index (κ1) is 13.7. The molecule has 1 heterocycles. The lowest BCUT2D eigenvalue weighted by Gasteiger charge is -2.06. The molecule has 0 saturated carbocycles. The van der Waals surface area contributed by atoms with Gasteiger partial charge in [-0.15, -0.1) is 0 Å². The minimum atomic E-state index is 0.635. The molecule has 0 amide bonds. The highest BCUT2D eigenvalue weighted by Crippen LogP contribution is 2.38. The molecule has 0 radical (unpaired) electrons. The minimum Gasteiger partial charge on any atom is -0.383 e. The first-order valence-corrected chi connectivity index (χ1v) is 7.10. The smallest absolute Gasteiger partial charge is 0.129 e. The average molecular weight is 298 g/mol. The van der Waals surface area contributed by atoms with Gasteiger partial charge in [-0.1, -0.05) is 59.6 Å². The van der Waals surface area contributed by atoms with E-state index in [4.69, 9.17) is 17.3 Å². The molecule has 0 atom stereocenters. The molecular formula is C17H16ClN3. The molecular weight excluding hydrogens is 282 g/mol. The summed E-state index contributed by atoms with van der Waals surface area (Å²) in [5.41, 5.74) is 11.1. The summed E-state index contributed by atoms with van der Waals surface area (Å²) in [5, 5.41) is 5.23. The van der Waals surface area contributed by atoms with Crippen molar-refractivity contribution < 1.29 is 0 Å². The molecule has 0 aliphatic carbocycles. The predicted molar refractivity (Wildman–Crippen MR) is 88.2 cm³/mol. The van der Waals surface area contributed by atoms with Crippen LogP contribution in [0.15, 0.2) is 48.5 Å². The van der Waals surface area contributed by atoms with Gasteiger partial charge in [0.05, 0.1) is 10.6 Å². The summed E-state index contributed by atoms with van der Waals surface area (Å²) in [6, 6.07) is 15.9. The van der Waals surface area contributed by atoms with E-state index in [0.29, 0.717) is 10.8 Å². The summed E-state index contributed by atoms with van der Waals surface area (Å²) in [6.07, 6.45) is 0. The van der Waals surface area contributed by atoms with Crippen molar-refractivity contribution in [3.8, 4) is 22.4 Å². The van der Waals surface area contributed by atoms with Crippen LogP contribution in [0.5, 0.6) is 0 Å². The molecule has 0 saturated heterocycles. The molecule has 106 valence electrons. The van der Waals surface area contributed by atoms with Crippen molar-refractivity contribution in [2.45, 2.75) is 6.92 Å². The van der Waals surface area contributed by atoms with E-state index in [2.05, 4.69) is 24.2 Å². The lowest BCUT2D eigenvalue weighted by Crippen LogP contribution is -1.98. The van der Waals surface area contributed by atoms with Gasteiger partial charge in [0, 0.05) is 12.6 Å². The Morgan fingerprint density at radius 1 is 1.10 bits per heavy atom. The highest BCUT2D eigenvalue weighted by molar-refractivity contribution is 6.33. The number of aromatic nitrogens is 2. The Balaban J connectivity index is 2.29. The van der Waals surface area contributed by atoms with Crippen molar-refractivity contribution in [2.75, 3.05) is 5.73 Å². The molecule has 1 aromatic heterocycles. The Morgan fingerprint density at radius 2 is 1.86 bits per heavy atom. The van der Waals surface area contributed by atoms with Crippen molar-refractivity contribution >= 4 is 17.4 Å². The molecule has 0 bridgehead atoms. The predicted octanol–water partition coefficient (Wildman–Crippen LogP) is 4.30. The van der Waals surface area contributed by atoms with E-state index in [9.17, 15) is 0 Å². The fraction of sp³-hybridized carbons (Fsp3) is 0.118. The first-order chi connectivity index (χ1) is 10.1. The molecule has 0 fully saturated rings. The monoisotopic (exact) mass is 297 g/mol. The molecule has 0 aliphatic heterocycles. The Bertz CT molecular complexity index is 806. The van der Waals surface area contributed by atoms with E-state index in [1.54, 1.807) is 4.68 Å². The number of hydrogen-bond acceptors (Lipinski definition) is 2. The zero-order valence-corrected chi connectivity index (χ0v) is 12.7. The highest BCUT2D eigenvalue weighted by Gasteiger charge is 2.18. The molecule has 0 aliphatic rings. The maximum Gasteiger partial charge on any atom is 0.129 e. The molecule has 3 nitrogen and oxygen atoms in total. The van der Waals surface area contributed by atoms with Crippen molar-refractivity contribution in [3.63, 3.8) is 0 Å². The van der Waals surface area contributed by atoms with E-state index >= 15 is 0 Å². The molecule has 0 unspecified atom stereocenters. The Morgan fingerprint density at radius 3 is 2.57 bits per heavy atom. The van der Waals surface area contributed by atoms with Crippen LogP contribution in [-0.2, 0) is 7.05 Å². The molecule has 3 aromatic rings. The van der Waals surface area contributed by atoms with Gasteiger partial charge in [0.2, 0.25) is 0 Å². The number of aryl methyl sites for hydroxylation is 2. The van der Waals surface area contributed by atoms with E-state index in [1.807, 2.05) is 43.4 Å². The third-order valence-electron chi connectivity index (χ3n) is 3.53. The fourth-order valence-electron chi connectivity index (χ4n) is 2.46. The highest BCUT2D eigenvalue weighted by atomic mass is 35.5. The third-order valence-corrected chi connectivity index (χ3v) is 3.86. The van der Waals surface area contributed by atoms with Crippen LogP contribution in [0.25, 0.3) is 22.4 Å². The third kappa shape index (κ3) is 2.41. The second kappa shape index (κ2) is 5.26. The van der Waals surface area contributed by atoms with Crippen LogP contribution < -0.4 is 5.73 Å². The quantitative estimate of drug-likeness (QED) is 0.766. The average Bonchev–Trinajstić information content (AvgIpc) is 2.75. The van der Waals surface area contributed by atoms with Crippen LogP contribution in [0.1, 0.15) is 5.56 Å². The van der Waals surface area contributed by atoms with Gasteiger partial charge in [0.25, 0.3) is 0 Å². The number of rotatable bonds is 2. The number of nitrogens with two attached hydrogens (primary N) is 1. The second-order valence-electron chi connectivity index (χ2n) is 5.08. The Labute approximate surface area is 129 Å². The van der Waals surface area contributed by atoms with Gasteiger partial charge in [0.15, 0.2) is 0 Å². The number of anilines is 1. The summed E-state index contributed by atoms with van der Waals surface area (Å²) in [7, 11) is 1.84. The lowest BCUT2D eigenvalue weighted by atomic mass is 9.99. The molecule has 21 heavy (non-hydrogen) atoms. The second-order valence-corrected chi connectivity index (χ2v) is 5.49. The van der Waals surface area contributed by atoms with Crippen molar-refractivity contribution in [2.24, 2.45) is 7.05 Å². The van der Waals surface area contributed by atoms with Crippen molar-refractivity contribution in [1.82, 2.24) is 9.78 Å². The van der Waals surface area contributed by atoms with E-state index in [-0.39, 0.29) is 0 Å². The van der Waals surface area contributed by atoms with Gasteiger partial charge in [-0.05, 0) is 18.6 Å². The topological polar surface area (TPSA) is 43.8 Å². The standard InChI is InChI=1S/C17H16ClN3/c1-11-6-5-7-12(10-11)15-16(20-21(2)17(15)19)13-8-3-4-9-14(13)18/h3-10H,19H2,1-2H3. The van der Waals surface area contributed by atoms with Gasteiger partial charge in [-0.25, -0.2) is 0 Å². The Hall–Kier alpha value is -2.26. The summed E-state index contributed by atoms with van der Waals surface area (Å²) in [6.45, 7) is 2.06. The first-order valence-electron chi connectivity index (χ1n) is 6.72. The fourth-order valence-corrected chi connectivity index (χ4v) is 2.69. The summed E-state index contributed by atoms with van der Waals surface area (Å²) < 4.78 is 1.69. The van der Waals surface area contributed by atoms with Crippen molar-refractivity contribution in [3.05, 3.63) is 59.1 Å². The number of nitrogen functional groups attached to an aromatic ring is 1. The summed E-state index contributed by atoms with van der Waals surface area (Å²) in [5.74, 6) is 0.635. The van der Waals surface area contributed by atoms with E-state index in [1.165, 1.54) is 5.56 Å². The number of halogens is 1. The van der Waals surface area contributed by atoms with Gasteiger partial charge < -0.3 is 5.73 Å². The number of benzene rings is 2. The van der Waals surface area contributed by atoms with Crippen LogP contribution in [0.3, 0.4) is 0 Å². The maximum atomic E-state index is 6.32.